The molecule has 0 saturated heterocycles. The third kappa shape index (κ3) is 1.97. The lowest BCUT2D eigenvalue weighted by atomic mass is 10.1. The van der Waals surface area contributed by atoms with Crippen molar-refractivity contribution in [1.29, 1.82) is 0 Å². The summed E-state index contributed by atoms with van der Waals surface area (Å²) in [6.07, 6.45) is 4.91. The Kier molecular flexibility index (Phi) is 2.56. The van der Waals surface area contributed by atoms with E-state index >= 15 is 0 Å². The van der Waals surface area contributed by atoms with Crippen LogP contribution < -0.4 is 4.74 Å². The van der Waals surface area contributed by atoms with Crippen LogP contribution in [0.4, 0.5) is 0 Å². The number of aromatic nitrogens is 1. The van der Waals surface area contributed by atoms with E-state index in [1.165, 1.54) is 0 Å². The van der Waals surface area contributed by atoms with Gasteiger partial charge in [-0.25, -0.2) is 0 Å². The first kappa shape index (κ1) is 11.5. The number of pyridine rings is 1. The first-order chi connectivity index (χ1) is 9.15. The maximum Gasteiger partial charge on any atom is 0.235 e. The Labute approximate surface area is 110 Å². The number of ether oxygens (including phenoxy) is 1. The number of aromatic hydroxyl groups is 1. The molecule has 1 aromatic carbocycles. The summed E-state index contributed by atoms with van der Waals surface area (Å²) in [6.45, 7) is 1.83. The molecule has 1 N–H and O–H groups in total. The molecule has 19 heavy (non-hydrogen) atoms. The second-order valence-electron chi connectivity index (χ2n) is 4.38. The smallest absolute Gasteiger partial charge is 0.235 e. The highest BCUT2D eigenvalue weighted by Crippen LogP contribution is 2.38. The van der Waals surface area contributed by atoms with E-state index in [0.717, 1.165) is 11.1 Å². The van der Waals surface area contributed by atoms with Crippen molar-refractivity contribution in [3.05, 3.63) is 59.1 Å². The fourth-order valence-corrected chi connectivity index (χ4v) is 2.04. The number of carbonyl (C=O) groups is 1. The lowest BCUT2D eigenvalue weighted by Gasteiger charge is -2.00. The number of aryl methyl sites for hydroxylation is 1. The third-order valence-corrected chi connectivity index (χ3v) is 2.88. The SMILES string of the molecule is Cc1cc(O)c2c(c1)OC(=Cc1cccnc1)C2=O. The molecule has 0 saturated carbocycles. The van der Waals surface area contributed by atoms with E-state index in [2.05, 4.69) is 4.98 Å². The third-order valence-electron chi connectivity index (χ3n) is 2.88. The molecule has 3 rings (SSSR count). The minimum Gasteiger partial charge on any atom is -0.507 e. The highest BCUT2D eigenvalue weighted by atomic mass is 16.5. The van der Waals surface area contributed by atoms with Crippen LogP contribution in [-0.4, -0.2) is 15.9 Å². The molecule has 1 aromatic heterocycles. The van der Waals surface area contributed by atoms with Gasteiger partial charge in [-0.2, -0.15) is 0 Å². The Morgan fingerprint density at radius 3 is 2.95 bits per heavy atom. The van der Waals surface area contributed by atoms with Gasteiger partial charge in [-0.1, -0.05) is 6.07 Å². The molecule has 0 radical (unpaired) electrons. The molecule has 0 spiro atoms. The van der Waals surface area contributed by atoms with Gasteiger partial charge in [0.25, 0.3) is 0 Å². The van der Waals surface area contributed by atoms with E-state index in [1.54, 1.807) is 36.7 Å². The number of hydrogen-bond donors (Lipinski definition) is 1. The predicted molar refractivity (Wildman–Crippen MR) is 70.0 cm³/mol. The van der Waals surface area contributed by atoms with E-state index in [1.807, 2.05) is 13.0 Å². The first-order valence-corrected chi connectivity index (χ1v) is 5.83. The van der Waals surface area contributed by atoms with Crippen molar-refractivity contribution in [2.45, 2.75) is 6.92 Å². The maximum atomic E-state index is 12.2. The lowest BCUT2D eigenvalue weighted by molar-refractivity contribution is 0.101. The standard InChI is InChI=1S/C15H11NO3/c1-9-5-11(17)14-12(6-9)19-13(15(14)18)7-10-3-2-4-16-8-10/h2-8,17H,1H3. The molecule has 0 unspecified atom stereocenters. The molecule has 0 bridgehead atoms. The average Bonchev–Trinajstić information content (AvgIpc) is 2.67. The van der Waals surface area contributed by atoms with Gasteiger partial charge in [0.2, 0.25) is 5.78 Å². The van der Waals surface area contributed by atoms with Crippen molar-refractivity contribution >= 4 is 11.9 Å². The van der Waals surface area contributed by atoms with E-state index in [4.69, 9.17) is 4.74 Å². The van der Waals surface area contributed by atoms with Crippen molar-refractivity contribution in [3.63, 3.8) is 0 Å². The number of ketones is 1. The number of allylic oxidation sites excluding steroid dienone is 1. The molecule has 94 valence electrons. The van der Waals surface area contributed by atoms with Gasteiger partial charge in [-0.05, 0) is 42.3 Å². The van der Waals surface area contributed by atoms with Crippen LogP contribution in [0.1, 0.15) is 21.5 Å². The largest absolute Gasteiger partial charge is 0.507 e. The summed E-state index contributed by atoms with van der Waals surface area (Å²) < 4.78 is 5.51. The van der Waals surface area contributed by atoms with Crippen LogP contribution in [-0.2, 0) is 0 Å². The zero-order valence-electron chi connectivity index (χ0n) is 10.3. The van der Waals surface area contributed by atoms with Crippen molar-refractivity contribution in [1.82, 2.24) is 4.98 Å². The van der Waals surface area contributed by atoms with E-state index in [9.17, 15) is 9.90 Å². The second kappa shape index (κ2) is 4.24. The zero-order chi connectivity index (χ0) is 13.4. The van der Waals surface area contributed by atoms with Crippen LogP contribution in [0.25, 0.3) is 6.08 Å². The monoisotopic (exact) mass is 253 g/mol. The van der Waals surface area contributed by atoms with E-state index < -0.39 is 0 Å². The van der Waals surface area contributed by atoms with Gasteiger partial charge in [0, 0.05) is 12.4 Å². The van der Waals surface area contributed by atoms with Crippen LogP contribution in [0, 0.1) is 6.92 Å². The molecule has 4 heteroatoms. The second-order valence-corrected chi connectivity index (χ2v) is 4.38. The number of rotatable bonds is 1. The summed E-state index contributed by atoms with van der Waals surface area (Å²) in [7, 11) is 0. The molecule has 0 aliphatic carbocycles. The summed E-state index contributed by atoms with van der Waals surface area (Å²) in [5.41, 5.74) is 1.84. The summed E-state index contributed by atoms with van der Waals surface area (Å²) >= 11 is 0. The van der Waals surface area contributed by atoms with Gasteiger partial charge in [-0.3, -0.25) is 9.78 Å². The molecule has 4 nitrogen and oxygen atoms in total. The van der Waals surface area contributed by atoms with Gasteiger partial charge < -0.3 is 9.84 Å². The molecule has 2 heterocycles. The van der Waals surface area contributed by atoms with Gasteiger partial charge in [0.05, 0.1) is 0 Å². The van der Waals surface area contributed by atoms with Crippen molar-refractivity contribution in [2.75, 3.05) is 0 Å². The quantitative estimate of drug-likeness (QED) is 0.794. The van der Waals surface area contributed by atoms with Crippen molar-refractivity contribution in [2.24, 2.45) is 0 Å². The van der Waals surface area contributed by atoms with Gasteiger partial charge >= 0.3 is 0 Å². The molecule has 1 aliphatic heterocycles. The van der Waals surface area contributed by atoms with E-state index in [0.29, 0.717) is 5.75 Å². The Hall–Kier alpha value is -2.62. The van der Waals surface area contributed by atoms with Crippen LogP contribution >= 0.6 is 0 Å². The predicted octanol–water partition coefficient (Wildman–Crippen LogP) is 2.71. The highest BCUT2D eigenvalue weighted by molar-refractivity contribution is 6.16. The molecule has 0 amide bonds. The fraction of sp³-hybridized carbons (Fsp3) is 0.0667. The number of benzene rings is 1. The highest BCUT2D eigenvalue weighted by Gasteiger charge is 2.30. The zero-order valence-corrected chi connectivity index (χ0v) is 10.3. The Morgan fingerprint density at radius 1 is 1.37 bits per heavy atom. The average molecular weight is 253 g/mol. The molecular formula is C15H11NO3. The topological polar surface area (TPSA) is 59.4 Å². The molecule has 2 aromatic rings. The van der Waals surface area contributed by atoms with Gasteiger partial charge in [0.15, 0.2) is 5.76 Å². The number of nitrogens with zero attached hydrogens (tertiary/aromatic N) is 1. The normalized spacial score (nSPS) is 15.4. The number of Topliss-reactive ketones (excluding diaryl/α,β-unsaturated/α-hetero) is 1. The minimum absolute atomic E-state index is 0.0467. The number of fused-ring (bicyclic) bond motifs is 1. The van der Waals surface area contributed by atoms with Crippen molar-refractivity contribution in [3.8, 4) is 11.5 Å². The minimum atomic E-state index is -0.309. The van der Waals surface area contributed by atoms with Gasteiger partial charge in [0.1, 0.15) is 17.1 Å². The summed E-state index contributed by atoms with van der Waals surface area (Å²) in [5.74, 6) is 0.243. The Bertz CT molecular complexity index is 690. The summed E-state index contributed by atoms with van der Waals surface area (Å²) in [5, 5.41) is 9.83. The lowest BCUT2D eigenvalue weighted by Crippen LogP contribution is -1.98. The molecule has 1 aliphatic rings. The molecule has 0 atom stereocenters. The maximum absolute atomic E-state index is 12.2. The van der Waals surface area contributed by atoms with Gasteiger partial charge in [-0.15, -0.1) is 0 Å². The number of phenolic OH excluding ortho intramolecular Hbond substituents is 1. The van der Waals surface area contributed by atoms with Crippen LogP contribution in [0.5, 0.6) is 11.5 Å². The first-order valence-electron chi connectivity index (χ1n) is 5.83. The summed E-state index contributed by atoms with van der Waals surface area (Å²) in [4.78, 5) is 16.1. The van der Waals surface area contributed by atoms with Crippen LogP contribution in [0.15, 0.2) is 42.4 Å². The Morgan fingerprint density at radius 2 is 2.21 bits per heavy atom. The molecular weight excluding hydrogens is 242 g/mol. The van der Waals surface area contributed by atoms with Crippen molar-refractivity contribution < 1.29 is 14.6 Å². The van der Waals surface area contributed by atoms with Crippen LogP contribution in [0.3, 0.4) is 0 Å². The van der Waals surface area contributed by atoms with E-state index in [-0.39, 0.29) is 22.9 Å². The Balaban J connectivity index is 2.05. The molecule has 0 fully saturated rings. The fourth-order valence-electron chi connectivity index (χ4n) is 2.04. The summed E-state index contributed by atoms with van der Waals surface area (Å²) in [6, 6.07) is 6.88. The number of phenols is 1. The number of hydrogen-bond acceptors (Lipinski definition) is 4. The number of carbonyl (C=O) groups excluding carboxylic acids is 1. The van der Waals surface area contributed by atoms with Crippen LogP contribution in [0.2, 0.25) is 0 Å².